The van der Waals surface area contributed by atoms with Gasteiger partial charge in [0, 0.05) is 30.8 Å². The number of hydrogen-bond acceptors (Lipinski definition) is 5. The molecule has 0 spiro atoms. The maximum Gasteiger partial charge on any atom is 0.248 e. The topological polar surface area (TPSA) is 101 Å². The highest BCUT2D eigenvalue weighted by molar-refractivity contribution is 6.01. The standard InChI is InChI=1S/C32H38N4O4/c1-23-14-18-26(19-15-23)36(30(38)13-8-12-29(37)35-28-11-6-7-22-33-28)31(24-16-20-27(40-2)21-17-24)32(39)34-25-9-4-3-5-10-25/h6-7,11,14-22,25,31H,3-5,8-10,12-13H2,1-2H3,(H,34,39)(H,33,35,37). The molecule has 1 aliphatic carbocycles. The Hall–Kier alpha value is -4.20. The van der Waals surface area contributed by atoms with Crippen LogP contribution in [0.4, 0.5) is 11.5 Å². The number of nitrogens with zero attached hydrogens (tertiary/aromatic N) is 2. The molecule has 1 aromatic heterocycles. The van der Waals surface area contributed by atoms with Crippen LogP contribution in [0.5, 0.6) is 5.75 Å². The van der Waals surface area contributed by atoms with E-state index in [1.165, 1.54) is 6.42 Å². The molecule has 1 unspecified atom stereocenters. The molecule has 1 heterocycles. The third kappa shape index (κ3) is 7.91. The van der Waals surface area contributed by atoms with Gasteiger partial charge in [0.15, 0.2) is 0 Å². The number of carbonyl (C=O) groups is 3. The number of pyridine rings is 1. The van der Waals surface area contributed by atoms with Gasteiger partial charge in [-0.05, 0) is 68.1 Å². The van der Waals surface area contributed by atoms with Crippen LogP contribution in [0.2, 0.25) is 0 Å². The summed E-state index contributed by atoms with van der Waals surface area (Å²) in [6.07, 6.45) is 7.42. The Morgan fingerprint density at radius 1 is 0.950 bits per heavy atom. The van der Waals surface area contributed by atoms with E-state index in [-0.39, 0.29) is 36.6 Å². The minimum atomic E-state index is -0.870. The molecule has 3 aromatic rings. The summed E-state index contributed by atoms with van der Waals surface area (Å²) in [5.74, 6) is 0.490. The number of aryl methyl sites for hydroxylation is 1. The molecule has 8 heteroatoms. The Morgan fingerprint density at radius 3 is 2.33 bits per heavy atom. The first-order chi connectivity index (χ1) is 19.4. The average Bonchev–Trinajstić information content (AvgIpc) is 2.97. The van der Waals surface area contributed by atoms with Crippen LogP contribution in [-0.2, 0) is 14.4 Å². The largest absolute Gasteiger partial charge is 0.497 e. The number of rotatable bonds is 11. The second-order valence-corrected chi connectivity index (χ2v) is 10.2. The van der Waals surface area contributed by atoms with Crippen molar-refractivity contribution in [3.63, 3.8) is 0 Å². The molecule has 1 saturated carbocycles. The molecule has 8 nitrogen and oxygen atoms in total. The van der Waals surface area contributed by atoms with Crippen molar-refractivity contribution in [3.05, 3.63) is 84.1 Å². The van der Waals surface area contributed by atoms with Crippen molar-refractivity contribution in [1.82, 2.24) is 10.3 Å². The lowest BCUT2D eigenvalue weighted by molar-refractivity contribution is -0.127. The van der Waals surface area contributed by atoms with Crippen molar-refractivity contribution in [1.29, 1.82) is 0 Å². The van der Waals surface area contributed by atoms with Gasteiger partial charge < -0.3 is 15.4 Å². The van der Waals surface area contributed by atoms with Crippen LogP contribution in [-0.4, -0.2) is 35.9 Å². The minimum absolute atomic E-state index is 0.0901. The second kappa shape index (κ2) is 14.3. The number of benzene rings is 2. The maximum absolute atomic E-state index is 13.9. The van der Waals surface area contributed by atoms with E-state index in [4.69, 9.17) is 4.74 Å². The Balaban J connectivity index is 1.58. The van der Waals surface area contributed by atoms with Gasteiger partial charge in [-0.15, -0.1) is 0 Å². The van der Waals surface area contributed by atoms with E-state index >= 15 is 0 Å². The van der Waals surface area contributed by atoms with Crippen LogP contribution in [0.1, 0.15) is 68.5 Å². The normalized spacial score (nSPS) is 14.2. The Bertz CT molecular complexity index is 1260. The highest BCUT2D eigenvalue weighted by atomic mass is 16.5. The molecule has 3 amide bonds. The monoisotopic (exact) mass is 542 g/mol. The third-order valence-electron chi connectivity index (χ3n) is 7.20. The molecular formula is C32H38N4O4. The molecule has 2 aromatic carbocycles. The molecule has 0 radical (unpaired) electrons. The van der Waals surface area contributed by atoms with Gasteiger partial charge in [-0.2, -0.15) is 0 Å². The first-order valence-corrected chi connectivity index (χ1v) is 14.0. The summed E-state index contributed by atoms with van der Waals surface area (Å²) in [7, 11) is 1.59. The van der Waals surface area contributed by atoms with Gasteiger partial charge in [-0.1, -0.05) is 55.2 Å². The van der Waals surface area contributed by atoms with Gasteiger partial charge in [0.2, 0.25) is 17.7 Å². The zero-order chi connectivity index (χ0) is 28.3. The second-order valence-electron chi connectivity index (χ2n) is 10.2. The number of nitrogens with one attached hydrogen (secondary N) is 2. The third-order valence-corrected chi connectivity index (χ3v) is 7.20. The minimum Gasteiger partial charge on any atom is -0.497 e. The average molecular weight is 543 g/mol. The summed E-state index contributed by atoms with van der Waals surface area (Å²) in [5, 5.41) is 5.98. The fraction of sp³-hybridized carbons (Fsp3) is 0.375. The van der Waals surface area contributed by atoms with Gasteiger partial charge in [0.1, 0.15) is 17.6 Å². The van der Waals surface area contributed by atoms with Gasteiger partial charge in [0.05, 0.1) is 7.11 Å². The van der Waals surface area contributed by atoms with Gasteiger partial charge >= 0.3 is 0 Å². The predicted octanol–water partition coefficient (Wildman–Crippen LogP) is 5.73. The smallest absolute Gasteiger partial charge is 0.248 e. The molecule has 1 aliphatic rings. The summed E-state index contributed by atoms with van der Waals surface area (Å²) >= 11 is 0. The van der Waals surface area contributed by atoms with E-state index in [1.807, 2.05) is 43.3 Å². The molecule has 1 fully saturated rings. The molecular weight excluding hydrogens is 504 g/mol. The Kier molecular flexibility index (Phi) is 10.3. The lowest BCUT2D eigenvalue weighted by Gasteiger charge is -2.33. The van der Waals surface area contributed by atoms with E-state index in [1.54, 1.807) is 48.5 Å². The first kappa shape index (κ1) is 28.8. The number of carbonyl (C=O) groups excluding carboxylic acids is 3. The Labute approximate surface area is 236 Å². The lowest BCUT2D eigenvalue weighted by atomic mass is 9.94. The Morgan fingerprint density at radius 2 is 1.68 bits per heavy atom. The molecule has 2 N–H and O–H groups in total. The molecule has 1 atom stereocenters. The molecule has 0 bridgehead atoms. The molecule has 0 saturated heterocycles. The molecule has 40 heavy (non-hydrogen) atoms. The van der Waals surface area contributed by atoms with E-state index < -0.39 is 6.04 Å². The summed E-state index contributed by atoms with van der Waals surface area (Å²) in [6.45, 7) is 1.98. The fourth-order valence-corrected chi connectivity index (χ4v) is 5.04. The van der Waals surface area contributed by atoms with Crippen molar-refractivity contribution < 1.29 is 19.1 Å². The quantitative estimate of drug-likeness (QED) is 0.322. The number of methoxy groups -OCH3 is 1. The molecule has 210 valence electrons. The number of amides is 3. The van der Waals surface area contributed by atoms with Crippen LogP contribution < -0.4 is 20.3 Å². The van der Waals surface area contributed by atoms with Gasteiger partial charge in [-0.25, -0.2) is 4.98 Å². The van der Waals surface area contributed by atoms with Crippen LogP contribution in [0.25, 0.3) is 0 Å². The van der Waals surface area contributed by atoms with Crippen LogP contribution in [0.3, 0.4) is 0 Å². The number of hydrogen-bond donors (Lipinski definition) is 2. The van der Waals surface area contributed by atoms with Crippen LogP contribution in [0, 0.1) is 6.92 Å². The zero-order valence-electron chi connectivity index (χ0n) is 23.3. The first-order valence-electron chi connectivity index (χ1n) is 14.0. The van der Waals surface area contributed by atoms with Gasteiger partial charge in [-0.3, -0.25) is 19.3 Å². The van der Waals surface area contributed by atoms with Crippen molar-refractivity contribution in [2.24, 2.45) is 0 Å². The molecule has 4 rings (SSSR count). The van der Waals surface area contributed by atoms with Crippen molar-refractivity contribution in [2.75, 3.05) is 17.3 Å². The predicted molar refractivity (Wildman–Crippen MR) is 156 cm³/mol. The van der Waals surface area contributed by atoms with E-state index in [0.29, 0.717) is 29.2 Å². The number of anilines is 2. The summed E-state index contributed by atoms with van der Waals surface area (Å²) in [6, 6.07) is 19.4. The summed E-state index contributed by atoms with van der Waals surface area (Å²) in [5.41, 5.74) is 2.37. The van der Waals surface area contributed by atoms with E-state index in [2.05, 4.69) is 15.6 Å². The van der Waals surface area contributed by atoms with Crippen LogP contribution >= 0.6 is 0 Å². The van der Waals surface area contributed by atoms with Crippen molar-refractivity contribution in [2.45, 2.75) is 70.4 Å². The highest BCUT2D eigenvalue weighted by Gasteiger charge is 2.34. The fourth-order valence-electron chi connectivity index (χ4n) is 5.04. The van der Waals surface area contributed by atoms with Crippen molar-refractivity contribution >= 4 is 29.2 Å². The van der Waals surface area contributed by atoms with Crippen molar-refractivity contribution in [3.8, 4) is 5.75 Å². The lowest BCUT2D eigenvalue weighted by Crippen LogP contribution is -2.47. The van der Waals surface area contributed by atoms with Crippen LogP contribution in [0.15, 0.2) is 72.9 Å². The van der Waals surface area contributed by atoms with E-state index in [9.17, 15) is 14.4 Å². The summed E-state index contributed by atoms with van der Waals surface area (Å²) in [4.78, 5) is 46.0. The SMILES string of the molecule is COc1ccc(C(C(=O)NC2CCCCC2)N(C(=O)CCCC(=O)Nc2ccccn2)c2ccc(C)cc2)cc1. The number of ether oxygens (including phenoxy) is 1. The maximum atomic E-state index is 13.9. The zero-order valence-corrected chi connectivity index (χ0v) is 23.3. The summed E-state index contributed by atoms with van der Waals surface area (Å²) < 4.78 is 5.33. The van der Waals surface area contributed by atoms with Gasteiger partial charge in [0.25, 0.3) is 0 Å². The number of aromatic nitrogens is 1. The highest BCUT2D eigenvalue weighted by Crippen LogP contribution is 2.31. The molecule has 0 aliphatic heterocycles. The van der Waals surface area contributed by atoms with E-state index in [0.717, 1.165) is 31.2 Å².